The lowest BCUT2D eigenvalue weighted by Crippen LogP contribution is -2.50. The number of Topliss-reactive ketones (excluding diaryl/α,β-unsaturated/α-hetero) is 1. The molecule has 0 bridgehead atoms. The van der Waals surface area contributed by atoms with Crippen molar-refractivity contribution >= 4 is 40.1 Å². The quantitative estimate of drug-likeness (QED) is 0.136. The van der Waals surface area contributed by atoms with Crippen molar-refractivity contribution in [1.29, 1.82) is 0 Å². The average Bonchev–Trinajstić information content (AvgIpc) is 3.36. The van der Waals surface area contributed by atoms with Crippen LogP contribution in [0.2, 0.25) is 5.02 Å². The van der Waals surface area contributed by atoms with Gasteiger partial charge in [-0.15, -0.1) is 0 Å². The van der Waals surface area contributed by atoms with E-state index >= 15 is 0 Å². The molecule has 2 atom stereocenters. The molecule has 0 saturated heterocycles. The van der Waals surface area contributed by atoms with Crippen LogP contribution in [-0.2, 0) is 20.8 Å². The lowest BCUT2D eigenvalue weighted by atomic mass is 10.0. The minimum absolute atomic E-state index is 0.151. The molecule has 3 aromatic carbocycles. The third-order valence-electron chi connectivity index (χ3n) is 7.20. The van der Waals surface area contributed by atoms with Gasteiger partial charge in [0.2, 0.25) is 5.91 Å². The van der Waals surface area contributed by atoms with Gasteiger partial charge in [0.15, 0.2) is 6.10 Å². The van der Waals surface area contributed by atoms with Crippen LogP contribution in [0, 0.1) is 0 Å². The second kappa shape index (κ2) is 15.2. The fraction of sp³-hybridized carbons (Fsp3) is 0.324. The first-order valence-electron chi connectivity index (χ1n) is 14.5. The first-order valence-corrected chi connectivity index (χ1v) is 14.8. The summed E-state index contributed by atoms with van der Waals surface area (Å²) in [6, 6.07) is 24.3. The van der Waals surface area contributed by atoms with E-state index in [4.69, 9.17) is 16.3 Å². The Morgan fingerprint density at radius 1 is 0.881 bits per heavy atom. The molecule has 2 amide bonds. The highest BCUT2D eigenvalue weighted by Gasteiger charge is 2.24. The summed E-state index contributed by atoms with van der Waals surface area (Å²) in [6.45, 7) is 3.64. The zero-order chi connectivity index (χ0) is 29.9. The second-order valence-corrected chi connectivity index (χ2v) is 10.9. The number of unbranched alkanes of at least 4 members (excludes halogenated alkanes) is 2. The molecule has 1 unspecified atom stereocenters. The van der Waals surface area contributed by atoms with Gasteiger partial charge in [0.05, 0.1) is 0 Å². The zero-order valence-corrected chi connectivity index (χ0v) is 24.9. The van der Waals surface area contributed by atoms with Crippen molar-refractivity contribution in [2.45, 2.75) is 64.5 Å². The molecule has 0 fully saturated rings. The van der Waals surface area contributed by atoms with E-state index in [1.807, 2.05) is 30.3 Å². The van der Waals surface area contributed by atoms with E-state index in [0.717, 1.165) is 40.6 Å². The smallest absolute Gasteiger partial charge is 0.261 e. The van der Waals surface area contributed by atoms with Gasteiger partial charge < -0.3 is 25.1 Å². The van der Waals surface area contributed by atoms with Gasteiger partial charge in [0.25, 0.3) is 5.91 Å². The summed E-state index contributed by atoms with van der Waals surface area (Å²) in [6.07, 6.45) is 3.06. The summed E-state index contributed by atoms with van der Waals surface area (Å²) in [5.74, 6) is 0.0460. The van der Waals surface area contributed by atoms with E-state index in [-0.39, 0.29) is 17.6 Å². The number of H-pyrrole nitrogens is 1. The first-order chi connectivity index (χ1) is 20.3. The molecule has 0 saturated carbocycles. The molecular weight excluding hydrogens is 550 g/mol. The minimum atomic E-state index is -0.807. The number of halogens is 1. The van der Waals surface area contributed by atoms with Gasteiger partial charge in [-0.25, -0.2) is 0 Å². The van der Waals surface area contributed by atoms with Gasteiger partial charge in [-0.05, 0) is 74.6 Å². The maximum Gasteiger partial charge on any atom is 0.261 e. The Morgan fingerprint density at radius 2 is 1.60 bits per heavy atom. The Kier molecular flexibility index (Phi) is 11.2. The Hall–Kier alpha value is -4.10. The third-order valence-corrected chi connectivity index (χ3v) is 7.45. The average molecular weight is 588 g/mol. The van der Waals surface area contributed by atoms with Crippen molar-refractivity contribution in [2.75, 3.05) is 6.54 Å². The number of rotatable bonds is 15. The van der Waals surface area contributed by atoms with E-state index in [1.54, 1.807) is 38.1 Å². The van der Waals surface area contributed by atoms with Crippen LogP contribution in [0.25, 0.3) is 22.2 Å². The van der Waals surface area contributed by atoms with Gasteiger partial charge in [0.1, 0.15) is 17.6 Å². The van der Waals surface area contributed by atoms with Gasteiger partial charge in [0, 0.05) is 34.6 Å². The molecular formula is C34H38ClN3O4. The maximum atomic E-state index is 13.4. The highest BCUT2D eigenvalue weighted by molar-refractivity contribution is 6.30. The Balaban J connectivity index is 1.41. The number of hydrogen-bond donors (Lipinski definition) is 3. The number of aromatic amines is 1. The van der Waals surface area contributed by atoms with E-state index in [2.05, 4.69) is 39.9 Å². The van der Waals surface area contributed by atoms with Crippen LogP contribution in [0.5, 0.6) is 5.75 Å². The van der Waals surface area contributed by atoms with E-state index in [1.165, 1.54) is 0 Å². The monoisotopic (exact) mass is 587 g/mol. The number of fused-ring (bicyclic) bond motifs is 1. The predicted octanol–water partition coefficient (Wildman–Crippen LogP) is 6.64. The molecule has 0 spiro atoms. The van der Waals surface area contributed by atoms with Gasteiger partial charge in [-0.1, -0.05) is 73.0 Å². The molecule has 0 radical (unpaired) electrons. The summed E-state index contributed by atoms with van der Waals surface area (Å²) in [5.41, 5.74) is 4.30. The Labute approximate surface area is 252 Å². The minimum Gasteiger partial charge on any atom is -0.481 e. The largest absolute Gasteiger partial charge is 0.481 e. The standard InChI is InChI=1S/C34H38ClN3O4/c1-23(39)11-5-3-8-16-31(38-33(40)24(2)42-27-19-17-26(35)18-20-27)34(41)36-22-21-29-28-14-9-10-15-30(28)37-32(29)25-12-6-4-7-13-25/h4,6-7,9-10,12-15,17-20,24,31,37H,3,5,8,11,16,21-22H2,1-2H3,(H,36,41)(H,38,40)/t24?,31-/m0/s1. The Bertz CT molecular complexity index is 1480. The molecule has 42 heavy (non-hydrogen) atoms. The van der Waals surface area contributed by atoms with Crippen LogP contribution in [0.3, 0.4) is 0 Å². The normalized spacial score (nSPS) is 12.5. The van der Waals surface area contributed by atoms with Crippen LogP contribution >= 0.6 is 11.6 Å². The number of hydrogen-bond acceptors (Lipinski definition) is 4. The molecule has 7 nitrogen and oxygen atoms in total. The number of benzene rings is 3. The first kappa shape index (κ1) is 30.8. The van der Waals surface area contributed by atoms with Gasteiger partial charge in [-0.2, -0.15) is 0 Å². The van der Waals surface area contributed by atoms with Crippen molar-refractivity contribution in [3.63, 3.8) is 0 Å². The van der Waals surface area contributed by atoms with Crippen LogP contribution in [0.15, 0.2) is 78.9 Å². The number of carbonyl (C=O) groups is 3. The van der Waals surface area contributed by atoms with Crippen LogP contribution in [0.1, 0.15) is 51.5 Å². The lowest BCUT2D eigenvalue weighted by molar-refractivity contribution is -0.132. The number of aromatic nitrogens is 1. The highest BCUT2D eigenvalue weighted by Crippen LogP contribution is 2.30. The number of ketones is 1. The summed E-state index contributed by atoms with van der Waals surface area (Å²) in [4.78, 5) is 41.2. The van der Waals surface area contributed by atoms with Gasteiger partial charge >= 0.3 is 0 Å². The Morgan fingerprint density at radius 3 is 2.33 bits per heavy atom. The van der Waals surface area contributed by atoms with Gasteiger partial charge in [-0.3, -0.25) is 9.59 Å². The number of nitrogens with one attached hydrogen (secondary N) is 3. The summed E-state index contributed by atoms with van der Waals surface area (Å²) in [7, 11) is 0. The highest BCUT2D eigenvalue weighted by atomic mass is 35.5. The number of carbonyl (C=O) groups excluding carboxylic acids is 3. The van der Waals surface area contributed by atoms with E-state index < -0.39 is 12.1 Å². The number of ether oxygens (including phenoxy) is 1. The fourth-order valence-electron chi connectivity index (χ4n) is 4.97. The van der Waals surface area contributed by atoms with Crippen LogP contribution in [0.4, 0.5) is 0 Å². The lowest BCUT2D eigenvalue weighted by Gasteiger charge is -2.21. The van der Waals surface area contributed by atoms with E-state index in [0.29, 0.717) is 43.0 Å². The van der Waals surface area contributed by atoms with Crippen molar-refractivity contribution in [1.82, 2.24) is 15.6 Å². The molecule has 1 aromatic heterocycles. The molecule has 220 valence electrons. The summed E-state index contributed by atoms with van der Waals surface area (Å²) < 4.78 is 5.76. The third kappa shape index (κ3) is 8.70. The number of amides is 2. The van der Waals surface area contributed by atoms with Crippen LogP contribution in [-0.4, -0.2) is 41.3 Å². The van der Waals surface area contributed by atoms with Crippen molar-refractivity contribution in [2.24, 2.45) is 0 Å². The molecule has 4 rings (SSSR count). The molecule has 1 heterocycles. The molecule has 3 N–H and O–H groups in total. The fourth-order valence-corrected chi connectivity index (χ4v) is 5.10. The maximum absolute atomic E-state index is 13.4. The summed E-state index contributed by atoms with van der Waals surface area (Å²) >= 11 is 5.95. The molecule has 4 aromatic rings. The topological polar surface area (TPSA) is 100 Å². The molecule has 0 aliphatic heterocycles. The van der Waals surface area contributed by atoms with Crippen molar-refractivity contribution in [3.05, 3.63) is 89.4 Å². The van der Waals surface area contributed by atoms with Crippen LogP contribution < -0.4 is 15.4 Å². The summed E-state index contributed by atoms with van der Waals surface area (Å²) in [5, 5.41) is 7.62. The molecule has 0 aliphatic carbocycles. The van der Waals surface area contributed by atoms with Crippen molar-refractivity contribution in [3.8, 4) is 17.0 Å². The zero-order valence-electron chi connectivity index (χ0n) is 24.1. The second-order valence-electron chi connectivity index (χ2n) is 10.5. The van der Waals surface area contributed by atoms with Crippen molar-refractivity contribution < 1.29 is 19.1 Å². The SMILES string of the molecule is CC(=O)CCCCC[C@H](NC(=O)C(C)Oc1ccc(Cl)cc1)C(=O)NCCc1c(-c2ccccc2)[nH]c2ccccc12. The predicted molar refractivity (Wildman–Crippen MR) is 168 cm³/mol. The molecule has 8 heteroatoms. The van der Waals surface area contributed by atoms with E-state index in [9.17, 15) is 14.4 Å². The molecule has 0 aliphatic rings. The number of para-hydroxylation sites is 1.